The number of fused-ring (bicyclic) bond motifs is 4. The summed E-state index contributed by atoms with van der Waals surface area (Å²) < 4.78 is 22.6. The van der Waals surface area contributed by atoms with E-state index in [-0.39, 0.29) is 107 Å². The average molecular weight is 867 g/mol. The Hall–Kier alpha value is -5.10. The number of cyclic esters (lactones) is 2. The van der Waals surface area contributed by atoms with E-state index in [1.807, 2.05) is 0 Å². The predicted molar refractivity (Wildman–Crippen MR) is 226 cm³/mol. The van der Waals surface area contributed by atoms with E-state index in [0.29, 0.717) is 17.5 Å². The average Bonchev–Trinajstić information content (AvgIpc) is 3.16. The highest BCUT2D eigenvalue weighted by Crippen LogP contribution is 2.56. The van der Waals surface area contributed by atoms with Crippen molar-refractivity contribution in [3.8, 4) is 45.6 Å². The summed E-state index contributed by atoms with van der Waals surface area (Å²) in [5, 5.41) is 109. The first-order valence-electron chi connectivity index (χ1n) is 21.1. The maximum absolute atomic E-state index is 13.4. The number of rotatable bonds is 19. The number of phenolic OH excluding ortho intramolecular Hbond substituents is 4. The van der Waals surface area contributed by atoms with Gasteiger partial charge in [0, 0.05) is 25.7 Å². The molecule has 6 rings (SSSR count). The Kier molecular flexibility index (Phi) is 14.6. The van der Waals surface area contributed by atoms with Crippen molar-refractivity contribution in [3.63, 3.8) is 0 Å². The first-order chi connectivity index (χ1) is 29.4. The van der Waals surface area contributed by atoms with Gasteiger partial charge in [-0.2, -0.15) is 0 Å². The molecule has 0 fully saturated rings. The largest absolute Gasteiger partial charge is 0.506 e. The summed E-state index contributed by atoms with van der Waals surface area (Å²) in [5.41, 5.74) is -0.0485. The van der Waals surface area contributed by atoms with Crippen molar-refractivity contribution >= 4 is 33.5 Å². The van der Waals surface area contributed by atoms with Crippen LogP contribution < -0.4 is 9.47 Å². The monoisotopic (exact) mass is 866 g/mol. The molecule has 4 aromatic carbocycles. The van der Waals surface area contributed by atoms with Gasteiger partial charge in [-0.1, -0.05) is 26.2 Å². The maximum atomic E-state index is 13.4. The molecule has 0 aromatic heterocycles. The van der Waals surface area contributed by atoms with Crippen molar-refractivity contribution in [1.82, 2.24) is 0 Å². The van der Waals surface area contributed by atoms with Gasteiger partial charge in [-0.15, -0.1) is 0 Å². The second-order valence-electron chi connectivity index (χ2n) is 16.8. The third kappa shape index (κ3) is 9.75. The number of benzene rings is 4. The number of hydrogen-bond acceptors (Lipinski definition) is 16. The van der Waals surface area contributed by atoms with Gasteiger partial charge in [-0.05, 0) is 85.2 Å². The Morgan fingerprint density at radius 1 is 0.581 bits per heavy atom. The molecule has 0 saturated carbocycles. The van der Waals surface area contributed by atoms with Gasteiger partial charge in [0.25, 0.3) is 0 Å². The molecule has 0 unspecified atom stereocenters. The Balaban J connectivity index is 1.31. The van der Waals surface area contributed by atoms with Gasteiger partial charge >= 0.3 is 11.9 Å². The number of unbranched alkanes of at least 4 members (excludes halogenated alkanes) is 2. The Bertz CT molecular complexity index is 2290. The summed E-state index contributed by atoms with van der Waals surface area (Å²) in [6.45, 7) is 3.57. The van der Waals surface area contributed by atoms with E-state index in [1.54, 1.807) is 12.1 Å². The molecule has 16 nitrogen and oxygen atoms in total. The number of methoxy groups -OCH3 is 2. The fraction of sp³-hybridized carbons (Fsp3) is 0.522. The van der Waals surface area contributed by atoms with Gasteiger partial charge < -0.3 is 70.0 Å². The molecule has 4 aromatic rings. The summed E-state index contributed by atoms with van der Waals surface area (Å²) in [6, 6.07) is 6.10. The van der Waals surface area contributed by atoms with Gasteiger partial charge in [0.1, 0.15) is 57.8 Å². The minimum Gasteiger partial charge on any atom is -0.506 e. The molecule has 62 heavy (non-hydrogen) atoms. The van der Waals surface area contributed by atoms with Crippen molar-refractivity contribution in [2.45, 2.75) is 140 Å². The lowest BCUT2D eigenvalue weighted by atomic mass is 9.87. The third-order valence-corrected chi connectivity index (χ3v) is 11.8. The molecule has 0 bridgehead atoms. The number of esters is 2. The molecule has 2 heterocycles. The van der Waals surface area contributed by atoms with Crippen LogP contribution in [0.5, 0.6) is 34.5 Å². The minimum atomic E-state index is -1.12. The lowest BCUT2D eigenvalue weighted by Gasteiger charge is -2.29. The Morgan fingerprint density at radius 2 is 0.984 bits per heavy atom. The highest BCUT2D eigenvalue weighted by atomic mass is 16.6. The highest BCUT2D eigenvalue weighted by Gasteiger charge is 2.37. The van der Waals surface area contributed by atoms with Crippen LogP contribution in [0.1, 0.15) is 110 Å². The standard InChI is InChI=1S/C46H58O16/c1-5-6-7-8-26(48)16-29(51)19-31-12-22-10-24-14-33(59-3)39(43(55)35(24)41(53)37(22)45(57)61-31)40-34(60-4)15-25-11-23-13-32(62-46(58)38(23)42(54)36(25)44(40)56)20-30(52)18-28(50)17-27(49)9-21(2)47/h10-11,14-15,21,26-32,47-56H,5-9,12-13,16-20H2,1-4H3/t21-,26-,27-,28-,29-,30-,31+,32+/m1/s1. The van der Waals surface area contributed by atoms with Crippen molar-refractivity contribution in [2.75, 3.05) is 14.2 Å². The fourth-order valence-corrected chi connectivity index (χ4v) is 9.04. The SMILES string of the molecule is CCCCC[C@@H](O)C[C@@H](O)C[C@@H]1Cc2cc3cc(OC)c(-c4c(OC)cc5cc6c(c(O)c5c4O)C(=O)O[C@H](C[C@H](O)C[C@H](O)C[C@H](O)C[C@@H](C)O)C6)c(O)c3c(O)c2C(=O)O1. The lowest BCUT2D eigenvalue weighted by molar-refractivity contribution is -0.00726. The molecule has 0 amide bonds. The van der Waals surface area contributed by atoms with E-state index in [2.05, 4.69) is 6.92 Å². The van der Waals surface area contributed by atoms with Crippen LogP contribution in [0.4, 0.5) is 0 Å². The van der Waals surface area contributed by atoms with Gasteiger partial charge in [0.15, 0.2) is 0 Å². The van der Waals surface area contributed by atoms with Crippen LogP contribution in [-0.2, 0) is 22.3 Å². The quantitative estimate of drug-likeness (QED) is 0.0449. The Morgan fingerprint density at radius 3 is 1.40 bits per heavy atom. The van der Waals surface area contributed by atoms with Crippen LogP contribution in [0.3, 0.4) is 0 Å². The molecule has 10 N–H and O–H groups in total. The summed E-state index contributed by atoms with van der Waals surface area (Å²) >= 11 is 0. The van der Waals surface area contributed by atoms with Gasteiger partial charge in [-0.3, -0.25) is 0 Å². The van der Waals surface area contributed by atoms with Gasteiger partial charge in [0.2, 0.25) is 0 Å². The van der Waals surface area contributed by atoms with Crippen molar-refractivity contribution in [1.29, 1.82) is 0 Å². The van der Waals surface area contributed by atoms with E-state index in [0.717, 1.165) is 19.3 Å². The topological polar surface area (TPSA) is 273 Å². The van der Waals surface area contributed by atoms with E-state index >= 15 is 0 Å². The number of ether oxygens (including phenoxy) is 4. The first kappa shape index (κ1) is 46.4. The lowest BCUT2D eigenvalue weighted by Crippen LogP contribution is -2.33. The van der Waals surface area contributed by atoms with Crippen LogP contribution >= 0.6 is 0 Å². The number of carbonyl (C=O) groups excluding carboxylic acids is 2. The third-order valence-electron chi connectivity index (χ3n) is 11.8. The normalized spacial score (nSPS) is 19.2. The summed E-state index contributed by atoms with van der Waals surface area (Å²) in [5.74, 6) is -4.29. The van der Waals surface area contributed by atoms with Crippen molar-refractivity contribution in [2.24, 2.45) is 0 Å². The molecule has 0 radical (unpaired) electrons. The Labute approximate surface area is 358 Å². The predicted octanol–water partition coefficient (Wildman–Crippen LogP) is 4.77. The van der Waals surface area contributed by atoms with E-state index < -0.39 is 83.8 Å². The maximum Gasteiger partial charge on any atom is 0.342 e. The summed E-state index contributed by atoms with van der Waals surface area (Å²) in [6.07, 6.45) is -3.66. The second kappa shape index (κ2) is 19.5. The van der Waals surface area contributed by atoms with E-state index in [4.69, 9.17) is 18.9 Å². The summed E-state index contributed by atoms with van der Waals surface area (Å²) in [7, 11) is 2.63. The molecule has 0 aliphatic carbocycles. The molecule has 338 valence electrons. The summed E-state index contributed by atoms with van der Waals surface area (Å²) in [4.78, 5) is 26.8. The number of hydrogen-bond donors (Lipinski definition) is 10. The highest BCUT2D eigenvalue weighted by molar-refractivity contribution is 6.13. The van der Waals surface area contributed by atoms with E-state index in [1.165, 1.54) is 33.3 Å². The zero-order chi connectivity index (χ0) is 45.2. The number of aromatic hydroxyl groups is 4. The fourth-order valence-electron chi connectivity index (χ4n) is 9.04. The number of aliphatic hydroxyl groups is 6. The van der Waals surface area contributed by atoms with E-state index in [9.17, 15) is 60.7 Å². The van der Waals surface area contributed by atoms with Gasteiger partial charge in [0.05, 0.1) is 72.7 Å². The molecular formula is C46H58O16. The zero-order valence-corrected chi connectivity index (χ0v) is 35.3. The van der Waals surface area contributed by atoms with Crippen LogP contribution in [0, 0.1) is 0 Å². The van der Waals surface area contributed by atoms with Crippen LogP contribution in [0.2, 0.25) is 0 Å². The molecule has 0 spiro atoms. The van der Waals surface area contributed by atoms with Crippen LogP contribution in [-0.4, -0.2) is 126 Å². The molecule has 2 aliphatic heterocycles. The molecule has 8 atom stereocenters. The minimum absolute atomic E-state index is 0.00515. The second-order valence-corrected chi connectivity index (χ2v) is 16.8. The zero-order valence-electron chi connectivity index (χ0n) is 35.3. The van der Waals surface area contributed by atoms with Crippen LogP contribution in [0.15, 0.2) is 24.3 Å². The molecule has 16 heteroatoms. The smallest absolute Gasteiger partial charge is 0.342 e. The molecule has 2 aliphatic rings. The number of carbonyl (C=O) groups is 2. The van der Waals surface area contributed by atoms with Crippen molar-refractivity contribution in [3.05, 3.63) is 46.5 Å². The van der Waals surface area contributed by atoms with Gasteiger partial charge in [-0.25, -0.2) is 9.59 Å². The molecule has 0 saturated heterocycles. The van der Waals surface area contributed by atoms with Crippen LogP contribution in [0.25, 0.3) is 32.7 Å². The molecular weight excluding hydrogens is 808 g/mol. The number of phenols is 4. The first-order valence-corrected chi connectivity index (χ1v) is 21.1. The van der Waals surface area contributed by atoms with Crippen molar-refractivity contribution < 1.29 is 79.6 Å². The number of aliphatic hydroxyl groups excluding tert-OH is 6.